The second-order valence-electron chi connectivity index (χ2n) is 11.0. The number of hydrogen-bond acceptors (Lipinski definition) is 8. The number of hydrogen-bond donors (Lipinski definition) is 4. The highest BCUT2D eigenvalue weighted by atomic mass is 19.4. The first-order valence-corrected chi connectivity index (χ1v) is 13.9. The number of aromatic nitrogens is 2. The molecule has 1 aliphatic heterocycles. The summed E-state index contributed by atoms with van der Waals surface area (Å²) in [5, 5.41) is 17.7. The van der Waals surface area contributed by atoms with Crippen LogP contribution in [0.25, 0.3) is 0 Å². The van der Waals surface area contributed by atoms with Crippen LogP contribution >= 0.6 is 0 Å². The molecule has 4 rings (SSSR count). The lowest BCUT2D eigenvalue weighted by Crippen LogP contribution is -2.44. The highest BCUT2D eigenvalue weighted by Crippen LogP contribution is 2.37. The van der Waals surface area contributed by atoms with Gasteiger partial charge in [-0.05, 0) is 77.0 Å². The van der Waals surface area contributed by atoms with Crippen molar-refractivity contribution in [1.82, 2.24) is 25.1 Å². The van der Waals surface area contributed by atoms with E-state index < -0.39 is 35.6 Å². The number of amides is 2. The molecule has 0 spiro atoms. The van der Waals surface area contributed by atoms with Crippen LogP contribution in [-0.2, 0) is 11.0 Å². The van der Waals surface area contributed by atoms with Crippen LogP contribution in [0.3, 0.4) is 0 Å². The van der Waals surface area contributed by atoms with Crippen LogP contribution in [0.4, 0.5) is 30.6 Å². The number of anilines is 3. The number of nitrogens with one attached hydrogen (secondary N) is 3. The molecule has 1 aromatic carbocycles. The van der Waals surface area contributed by atoms with Gasteiger partial charge in [0.1, 0.15) is 11.4 Å². The molecule has 1 saturated heterocycles. The Labute approximate surface area is 237 Å². The molecule has 41 heavy (non-hydrogen) atoms. The number of carbonyl (C=O) groups is 2. The van der Waals surface area contributed by atoms with Crippen LogP contribution in [0.2, 0.25) is 0 Å². The van der Waals surface area contributed by atoms with E-state index in [1.54, 1.807) is 43.1 Å². The van der Waals surface area contributed by atoms with Crippen molar-refractivity contribution in [3.8, 4) is 0 Å². The summed E-state index contributed by atoms with van der Waals surface area (Å²) in [6, 6.07) is 5.79. The molecule has 3 atom stereocenters. The Balaban J connectivity index is 1.47. The number of piperidine rings is 1. The van der Waals surface area contributed by atoms with Crippen molar-refractivity contribution in [2.45, 2.75) is 63.3 Å². The fourth-order valence-corrected chi connectivity index (χ4v) is 5.35. The summed E-state index contributed by atoms with van der Waals surface area (Å²) < 4.78 is 41.4. The van der Waals surface area contributed by atoms with E-state index in [1.807, 2.05) is 0 Å². The molecule has 2 fully saturated rings. The number of aliphatic hydroxyl groups excluding tert-OH is 1. The first-order chi connectivity index (χ1) is 19.5. The normalized spacial score (nSPS) is 20.9. The first-order valence-electron chi connectivity index (χ1n) is 13.9. The zero-order valence-corrected chi connectivity index (χ0v) is 23.5. The van der Waals surface area contributed by atoms with E-state index in [0.29, 0.717) is 36.7 Å². The van der Waals surface area contributed by atoms with Crippen molar-refractivity contribution in [3.63, 3.8) is 0 Å². The van der Waals surface area contributed by atoms with Crippen LogP contribution in [0.1, 0.15) is 54.9 Å². The van der Waals surface area contributed by atoms with Crippen LogP contribution in [0.5, 0.6) is 0 Å². The van der Waals surface area contributed by atoms with Gasteiger partial charge < -0.3 is 30.9 Å². The van der Waals surface area contributed by atoms with Crippen molar-refractivity contribution >= 4 is 29.3 Å². The zero-order chi connectivity index (χ0) is 29.7. The fraction of sp³-hybridized carbons (Fsp3) is 0.571. The van der Waals surface area contributed by atoms with Gasteiger partial charge in [-0.3, -0.25) is 9.59 Å². The molecule has 10 nitrogen and oxygen atoms in total. The van der Waals surface area contributed by atoms with Gasteiger partial charge in [-0.1, -0.05) is 6.42 Å². The fourth-order valence-electron chi connectivity index (χ4n) is 5.35. The molecule has 1 saturated carbocycles. The van der Waals surface area contributed by atoms with Crippen LogP contribution < -0.4 is 16.0 Å². The van der Waals surface area contributed by atoms with Gasteiger partial charge in [-0.15, -0.1) is 0 Å². The standard InChI is InChI=1S/C28H38F3N7O3/c1-17(16-39)33-25(40)21-5-4-6-23(21)35-24-22(28(29,30)31)15-32-27(36-24)34-19-9-7-18(8-10-19)26(41)38(3)20-11-13-37(2)14-12-20/h7-10,15,17,20-21,23,39H,4-6,11-14,16H2,1-3H3,(H,33,40)(H2,32,34,35,36)/t17-,21+,23-/m1/s1. The molecule has 4 N–H and O–H groups in total. The maximum absolute atomic E-state index is 13.8. The van der Waals surface area contributed by atoms with Crippen molar-refractivity contribution < 1.29 is 27.9 Å². The number of halogens is 3. The Morgan fingerprint density at radius 2 is 1.83 bits per heavy atom. The van der Waals surface area contributed by atoms with Gasteiger partial charge in [0.15, 0.2) is 0 Å². The molecular weight excluding hydrogens is 539 g/mol. The van der Waals surface area contributed by atoms with E-state index in [2.05, 4.69) is 37.9 Å². The summed E-state index contributed by atoms with van der Waals surface area (Å²) in [6.45, 7) is 3.29. The topological polar surface area (TPSA) is 123 Å². The third-order valence-electron chi connectivity index (χ3n) is 7.88. The van der Waals surface area contributed by atoms with Crippen LogP contribution in [0, 0.1) is 5.92 Å². The Hall–Kier alpha value is -3.45. The molecule has 2 amide bonds. The molecule has 2 aromatic rings. The average Bonchev–Trinajstić information content (AvgIpc) is 3.41. The lowest BCUT2D eigenvalue weighted by atomic mass is 10.0. The summed E-state index contributed by atoms with van der Waals surface area (Å²) in [7, 11) is 3.87. The Bertz CT molecular complexity index is 1200. The lowest BCUT2D eigenvalue weighted by Gasteiger charge is -2.35. The molecule has 2 aliphatic rings. The highest BCUT2D eigenvalue weighted by Gasteiger charge is 2.39. The Morgan fingerprint density at radius 1 is 1.15 bits per heavy atom. The third-order valence-corrected chi connectivity index (χ3v) is 7.88. The monoisotopic (exact) mass is 577 g/mol. The van der Waals surface area contributed by atoms with Crippen molar-refractivity contribution in [2.24, 2.45) is 5.92 Å². The highest BCUT2D eigenvalue weighted by molar-refractivity contribution is 5.94. The van der Waals surface area contributed by atoms with Gasteiger partial charge in [-0.25, -0.2) is 4.98 Å². The Morgan fingerprint density at radius 3 is 2.46 bits per heavy atom. The number of carbonyl (C=O) groups excluding carboxylic acids is 2. The summed E-state index contributed by atoms with van der Waals surface area (Å²) >= 11 is 0. The predicted molar refractivity (Wildman–Crippen MR) is 149 cm³/mol. The summed E-state index contributed by atoms with van der Waals surface area (Å²) in [6.07, 6.45) is -0.496. The average molecular weight is 578 g/mol. The Kier molecular flexibility index (Phi) is 9.69. The molecule has 13 heteroatoms. The SMILES string of the molecule is C[C@H](CO)NC(=O)[C@H]1CCC[C@H]1Nc1nc(Nc2ccc(C(=O)N(C)C3CCN(C)CC3)cc2)ncc1C(F)(F)F. The molecule has 224 valence electrons. The van der Waals surface area contributed by atoms with Gasteiger partial charge in [-0.2, -0.15) is 18.2 Å². The van der Waals surface area contributed by atoms with E-state index in [0.717, 1.165) is 25.9 Å². The zero-order valence-electron chi connectivity index (χ0n) is 23.5. The predicted octanol–water partition coefficient (Wildman–Crippen LogP) is 3.48. The van der Waals surface area contributed by atoms with Crippen LogP contribution in [-0.4, -0.2) is 88.6 Å². The van der Waals surface area contributed by atoms with E-state index in [4.69, 9.17) is 0 Å². The van der Waals surface area contributed by atoms with Crippen molar-refractivity contribution in [3.05, 3.63) is 41.6 Å². The minimum atomic E-state index is -4.70. The van der Waals surface area contributed by atoms with Gasteiger partial charge in [0.25, 0.3) is 5.91 Å². The van der Waals surface area contributed by atoms with E-state index >= 15 is 0 Å². The quantitative estimate of drug-likeness (QED) is 0.357. The van der Waals surface area contributed by atoms with Crippen LogP contribution in [0.15, 0.2) is 30.5 Å². The van der Waals surface area contributed by atoms with Gasteiger partial charge >= 0.3 is 6.18 Å². The van der Waals surface area contributed by atoms with Gasteiger partial charge in [0, 0.05) is 42.6 Å². The summed E-state index contributed by atoms with van der Waals surface area (Å²) in [4.78, 5) is 37.7. The largest absolute Gasteiger partial charge is 0.421 e. The van der Waals surface area contributed by atoms with E-state index in [1.165, 1.54) is 0 Å². The number of alkyl halides is 3. The maximum atomic E-state index is 13.8. The van der Waals surface area contributed by atoms with Crippen molar-refractivity contribution in [1.29, 1.82) is 0 Å². The number of likely N-dealkylation sites (tertiary alicyclic amines) is 1. The second kappa shape index (κ2) is 13.0. The maximum Gasteiger partial charge on any atom is 0.421 e. The number of benzene rings is 1. The lowest BCUT2D eigenvalue weighted by molar-refractivity contribution is -0.137. The summed E-state index contributed by atoms with van der Waals surface area (Å²) in [5.41, 5.74) is -0.0187. The smallest absolute Gasteiger partial charge is 0.394 e. The van der Waals surface area contributed by atoms with Gasteiger partial charge in [0.05, 0.1) is 12.5 Å². The minimum absolute atomic E-state index is 0.0593. The molecule has 1 aromatic heterocycles. The van der Waals surface area contributed by atoms with E-state index in [-0.39, 0.29) is 30.4 Å². The minimum Gasteiger partial charge on any atom is -0.394 e. The second-order valence-corrected chi connectivity index (χ2v) is 11.0. The number of nitrogens with zero attached hydrogens (tertiary/aromatic N) is 4. The molecular formula is C28H38F3N7O3. The molecule has 0 radical (unpaired) electrons. The first kappa shape index (κ1) is 30.5. The number of aliphatic hydroxyl groups is 1. The van der Waals surface area contributed by atoms with Gasteiger partial charge in [0.2, 0.25) is 11.9 Å². The van der Waals surface area contributed by atoms with E-state index in [9.17, 15) is 27.9 Å². The summed E-state index contributed by atoms with van der Waals surface area (Å²) in [5.74, 6) is -1.45. The molecule has 0 bridgehead atoms. The molecule has 0 unspecified atom stereocenters. The molecule has 2 heterocycles. The third kappa shape index (κ3) is 7.64. The van der Waals surface area contributed by atoms with Crippen molar-refractivity contribution in [2.75, 3.05) is 44.4 Å². The number of rotatable bonds is 9. The molecule has 1 aliphatic carbocycles.